The van der Waals surface area contributed by atoms with Gasteiger partial charge in [0.1, 0.15) is 6.61 Å². The zero-order valence-electron chi connectivity index (χ0n) is 9.34. The van der Waals surface area contributed by atoms with E-state index < -0.39 is 0 Å². The van der Waals surface area contributed by atoms with Gasteiger partial charge >= 0.3 is 0 Å². The van der Waals surface area contributed by atoms with Gasteiger partial charge in [0.25, 0.3) is 0 Å². The standard InChI is InChI=1S/C13H11NO3/c1-15-13-6-10(7-14)2-3-12(13)17-9-11-4-5-16-8-11/h2-6,8H,9H2,1H3. The summed E-state index contributed by atoms with van der Waals surface area (Å²) in [5.74, 6) is 1.15. The summed E-state index contributed by atoms with van der Waals surface area (Å²) in [6.07, 6.45) is 3.21. The molecule has 0 aliphatic rings. The average Bonchev–Trinajstić information content (AvgIpc) is 2.89. The molecule has 4 nitrogen and oxygen atoms in total. The SMILES string of the molecule is COc1cc(C#N)ccc1OCc1ccoc1. The van der Waals surface area contributed by atoms with E-state index in [1.165, 1.54) is 0 Å². The summed E-state index contributed by atoms with van der Waals surface area (Å²) in [7, 11) is 1.54. The van der Waals surface area contributed by atoms with Gasteiger partial charge in [-0.1, -0.05) is 0 Å². The number of methoxy groups -OCH3 is 1. The lowest BCUT2D eigenvalue weighted by Crippen LogP contribution is -1.96. The van der Waals surface area contributed by atoms with Gasteiger partial charge in [-0.05, 0) is 18.2 Å². The van der Waals surface area contributed by atoms with E-state index in [4.69, 9.17) is 19.2 Å². The Hall–Kier alpha value is -2.41. The average molecular weight is 229 g/mol. The fourth-order valence-electron chi connectivity index (χ4n) is 1.39. The maximum absolute atomic E-state index is 8.77. The molecule has 0 saturated heterocycles. The molecule has 2 aromatic rings. The van der Waals surface area contributed by atoms with E-state index in [-0.39, 0.29) is 0 Å². The fraction of sp³-hybridized carbons (Fsp3) is 0.154. The van der Waals surface area contributed by atoms with Gasteiger partial charge in [0, 0.05) is 11.6 Å². The smallest absolute Gasteiger partial charge is 0.162 e. The molecule has 1 aromatic heterocycles. The predicted octanol–water partition coefficient (Wildman–Crippen LogP) is 2.74. The van der Waals surface area contributed by atoms with Crippen molar-refractivity contribution < 1.29 is 13.9 Å². The maximum atomic E-state index is 8.77. The lowest BCUT2D eigenvalue weighted by atomic mass is 10.2. The third-order valence-electron chi connectivity index (χ3n) is 2.27. The summed E-state index contributed by atoms with van der Waals surface area (Å²) in [5, 5.41) is 8.77. The highest BCUT2D eigenvalue weighted by Gasteiger charge is 2.06. The second-order valence-electron chi connectivity index (χ2n) is 3.40. The molecule has 1 heterocycles. The molecule has 1 aromatic carbocycles. The third kappa shape index (κ3) is 2.58. The monoisotopic (exact) mass is 229 g/mol. The van der Waals surface area contributed by atoms with Crippen LogP contribution in [-0.2, 0) is 6.61 Å². The summed E-state index contributed by atoms with van der Waals surface area (Å²) in [5.41, 5.74) is 1.48. The van der Waals surface area contributed by atoms with Crippen LogP contribution in [0.5, 0.6) is 11.5 Å². The number of hydrogen-bond acceptors (Lipinski definition) is 4. The maximum Gasteiger partial charge on any atom is 0.162 e. The van der Waals surface area contributed by atoms with E-state index in [0.717, 1.165) is 5.56 Å². The first-order valence-electron chi connectivity index (χ1n) is 5.05. The third-order valence-corrected chi connectivity index (χ3v) is 2.27. The van der Waals surface area contributed by atoms with Crippen LogP contribution in [0.3, 0.4) is 0 Å². The number of rotatable bonds is 4. The second-order valence-corrected chi connectivity index (χ2v) is 3.40. The molecule has 0 aliphatic carbocycles. The topological polar surface area (TPSA) is 55.4 Å². The van der Waals surface area contributed by atoms with E-state index in [1.54, 1.807) is 37.8 Å². The van der Waals surface area contributed by atoms with Gasteiger partial charge in [0.2, 0.25) is 0 Å². The van der Waals surface area contributed by atoms with Crippen LogP contribution in [0.4, 0.5) is 0 Å². The molecule has 0 spiro atoms. The number of furan rings is 1. The van der Waals surface area contributed by atoms with E-state index >= 15 is 0 Å². The first-order chi connectivity index (χ1) is 8.33. The number of hydrogen-bond donors (Lipinski definition) is 0. The van der Waals surface area contributed by atoms with Crippen molar-refractivity contribution in [3.8, 4) is 17.6 Å². The minimum absolute atomic E-state index is 0.402. The second kappa shape index (κ2) is 5.08. The van der Waals surface area contributed by atoms with Crippen LogP contribution in [0.1, 0.15) is 11.1 Å². The minimum atomic E-state index is 0.402. The molecule has 0 fully saturated rings. The zero-order valence-corrected chi connectivity index (χ0v) is 9.34. The van der Waals surface area contributed by atoms with Gasteiger partial charge in [-0.3, -0.25) is 0 Å². The minimum Gasteiger partial charge on any atom is -0.493 e. The summed E-state index contributed by atoms with van der Waals surface area (Å²) < 4.78 is 15.7. The summed E-state index contributed by atoms with van der Waals surface area (Å²) in [4.78, 5) is 0. The Morgan fingerprint density at radius 1 is 1.29 bits per heavy atom. The Morgan fingerprint density at radius 2 is 2.18 bits per heavy atom. The Balaban J connectivity index is 2.13. The molecule has 2 rings (SSSR count). The quantitative estimate of drug-likeness (QED) is 0.808. The lowest BCUT2D eigenvalue weighted by Gasteiger charge is -2.09. The largest absolute Gasteiger partial charge is 0.493 e. The van der Waals surface area contributed by atoms with Gasteiger partial charge in [-0.15, -0.1) is 0 Å². The normalized spacial score (nSPS) is 9.65. The molecule has 0 bridgehead atoms. The molecule has 0 atom stereocenters. The van der Waals surface area contributed by atoms with Crippen LogP contribution >= 0.6 is 0 Å². The molecule has 17 heavy (non-hydrogen) atoms. The van der Waals surface area contributed by atoms with Crippen molar-refractivity contribution in [2.75, 3.05) is 7.11 Å². The summed E-state index contributed by atoms with van der Waals surface area (Å²) in [6.45, 7) is 0.402. The van der Waals surface area contributed by atoms with Crippen molar-refractivity contribution >= 4 is 0 Å². The molecular formula is C13H11NO3. The van der Waals surface area contributed by atoms with E-state index in [9.17, 15) is 0 Å². The van der Waals surface area contributed by atoms with Crippen LogP contribution in [-0.4, -0.2) is 7.11 Å². The van der Waals surface area contributed by atoms with Crippen molar-refractivity contribution in [3.05, 3.63) is 47.9 Å². The predicted molar refractivity (Wildman–Crippen MR) is 60.7 cm³/mol. The number of nitriles is 1. The molecule has 0 N–H and O–H groups in total. The molecule has 86 valence electrons. The molecule has 0 unspecified atom stereocenters. The molecule has 0 aliphatic heterocycles. The molecule has 4 heteroatoms. The Kier molecular flexibility index (Phi) is 3.31. The van der Waals surface area contributed by atoms with Crippen LogP contribution in [0.25, 0.3) is 0 Å². The number of benzene rings is 1. The van der Waals surface area contributed by atoms with Crippen molar-refractivity contribution in [3.63, 3.8) is 0 Å². The van der Waals surface area contributed by atoms with Crippen molar-refractivity contribution in [1.82, 2.24) is 0 Å². The van der Waals surface area contributed by atoms with E-state index in [1.807, 2.05) is 12.1 Å². The van der Waals surface area contributed by atoms with Gasteiger partial charge in [0.05, 0.1) is 31.3 Å². The fourth-order valence-corrected chi connectivity index (χ4v) is 1.39. The first kappa shape index (κ1) is 11.1. The van der Waals surface area contributed by atoms with Crippen LogP contribution in [0.15, 0.2) is 41.2 Å². The van der Waals surface area contributed by atoms with Crippen molar-refractivity contribution in [2.24, 2.45) is 0 Å². The first-order valence-corrected chi connectivity index (χ1v) is 5.05. The summed E-state index contributed by atoms with van der Waals surface area (Å²) in [6, 6.07) is 8.93. The van der Waals surface area contributed by atoms with Crippen LogP contribution in [0, 0.1) is 11.3 Å². The molecule has 0 amide bonds. The summed E-state index contributed by atoms with van der Waals surface area (Å²) >= 11 is 0. The highest BCUT2D eigenvalue weighted by molar-refractivity contribution is 5.46. The Morgan fingerprint density at radius 3 is 2.82 bits per heavy atom. The number of nitrogens with zero attached hydrogens (tertiary/aromatic N) is 1. The highest BCUT2D eigenvalue weighted by Crippen LogP contribution is 2.28. The van der Waals surface area contributed by atoms with Gasteiger partial charge < -0.3 is 13.9 Å². The zero-order chi connectivity index (χ0) is 12.1. The van der Waals surface area contributed by atoms with E-state index in [0.29, 0.717) is 23.7 Å². The van der Waals surface area contributed by atoms with Gasteiger partial charge in [-0.2, -0.15) is 5.26 Å². The molecule has 0 radical (unpaired) electrons. The van der Waals surface area contributed by atoms with Crippen LogP contribution < -0.4 is 9.47 Å². The molecular weight excluding hydrogens is 218 g/mol. The van der Waals surface area contributed by atoms with Crippen molar-refractivity contribution in [2.45, 2.75) is 6.61 Å². The van der Waals surface area contributed by atoms with Gasteiger partial charge in [-0.25, -0.2) is 0 Å². The molecule has 0 saturated carbocycles. The Bertz CT molecular complexity index is 526. The Labute approximate surface area is 99.0 Å². The highest BCUT2D eigenvalue weighted by atomic mass is 16.5. The lowest BCUT2D eigenvalue weighted by molar-refractivity contribution is 0.283. The van der Waals surface area contributed by atoms with Crippen LogP contribution in [0.2, 0.25) is 0 Å². The van der Waals surface area contributed by atoms with Gasteiger partial charge in [0.15, 0.2) is 11.5 Å². The number of ether oxygens (including phenoxy) is 2. The van der Waals surface area contributed by atoms with E-state index in [2.05, 4.69) is 0 Å². The van der Waals surface area contributed by atoms with Crippen molar-refractivity contribution in [1.29, 1.82) is 5.26 Å².